The molecule has 0 bridgehead atoms. The fourth-order valence-electron chi connectivity index (χ4n) is 2.40. The van der Waals surface area contributed by atoms with Gasteiger partial charge in [0, 0.05) is 33.4 Å². The van der Waals surface area contributed by atoms with Crippen molar-refractivity contribution in [1.29, 1.82) is 0 Å². The van der Waals surface area contributed by atoms with E-state index in [2.05, 4.69) is 24.5 Å². The van der Waals surface area contributed by atoms with Crippen LogP contribution in [0, 0.1) is 5.92 Å². The summed E-state index contributed by atoms with van der Waals surface area (Å²) in [6, 6.07) is 8.13. The molecule has 2 rings (SSSR count). The van der Waals surface area contributed by atoms with Gasteiger partial charge in [-0.2, -0.15) is 0 Å². The van der Waals surface area contributed by atoms with Gasteiger partial charge in [-0.25, -0.2) is 4.79 Å². The van der Waals surface area contributed by atoms with Crippen molar-refractivity contribution in [2.75, 3.05) is 33.5 Å². The minimum atomic E-state index is -1.28. The Morgan fingerprint density at radius 2 is 1.84 bits per heavy atom. The molecule has 3 N–H and O–H groups in total. The second-order valence-electron chi connectivity index (χ2n) is 7.07. The first kappa shape index (κ1) is 31.7. The monoisotopic (exact) mass is 454 g/mol. The summed E-state index contributed by atoms with van der Waals surface area (Å²) in [5.74, 6) is 0.119. The predicted octanol–water partition coefficient (Wildman–Crippen LogP) is 3.68. The molecule has 1 heterocycles. The second kappa shape index (κ2) is 21.8. The summed E-state index contributed by atoms with van der Waals surface area (Å²) in [6.45, 7) is 12.4. The predicted molar refractivity (Wildman–Crippen MR) is 127 cm³/mol. The molecule has 0 aliphatic carbocycles. The maximum Gasteiger partial charge on any atom is 0.405 e. The fourth-order valence-corrected chi connectivity index (χ4v) is 2.40. The van der Waals surface area contributed by atoms with Gasteiger partial charge in [0.25, 0.3) is 0 Å². The standard InChI is InChI=1S/C13H16N2O4.C5H10O.C4H10O.C2H6/c1-9(16)8-14-12(17)11(15-13(18)19)7-10-5-3-2-4-6-10;1-5-2-3-6-4-5;1-3-4-5-2;1-2/h2-6,11,15H,7-8H2,1H3,(H,14,17)(H,18,19);5H,2-4H2,1H3;3-4H2,1-2H3;1-2H3/t11-;5-;;/m01../s1. The summed E-state index contributed by atoms with van der Waals surface area (Å²) >= 11 is 0. The Labute approximate surface area is 193 Å². The molecule has 2 atom stereocenters. The number of nitrogens with one attached hydrogen (secondary N) is 2. The molecule has 1 aliphatic heterocycles. The molecular formula is C24H42N2O6. The van der Waals surface area contributed by atoms with E-state index < -0.39 is 18.0 Å². The number of ether oxygens (including phenoxy) is 2. The largest absolute Gasteiger partial charge is 0.465 e. The van der Waals surface area contributed by atoms with E-state index in [4.69, 9.17) is 14.6 Å². The quantitative estimate of drug-likeness (QED) is 0.552. The molecule has 2 amide bonds. The number of carboxylic acid groups (broad SMARTS) is 1. The summed E-state index contributed by atoms with van der Waals surface area (Å²) in [4.78, 5) is 33.3. The molecule has 0 unspecified atom stereocenters. The number of amides is 2. The van der Waals surface area contributed by atoms with Gasteiger partial charge >= 0.3 is 6.09 Å². The minimum Gasteiger partial charge on any atom is -0.465 e. The molecule has 1 fully saturated rings. The molecule has 184 valence electrons. The summed E-state index contributed by atoms with van der Waals surface area (Å²) in [5, 5.41) is 13.3. The Balaban J connectivity index is 0. The van der Waals surface area contributed by atoms with E-state index >= 15 is 0 Å². The van der Waals surface area contributed by atoms with Crippen LogP contribution in [0.4, 0.5) is 4.79 Å². The Morgan fingerprint density at radius 1 is 1.22 bits per heavy atom. The normalized spacial score (nSPS) is 14.8. The zero-order valence-electron chi connectivity index (χ0n) is 20.5. The highest BCUT2D eigenvalue weighted by Crippen LogP contribution is 2.09. The minimum absolute atomic E-state index is 0.106. The third-order valence-corrected chi connectivity index (χ3v) is 3.97. The van der Waals surface area contributed by atoms with Crippen molar-refractivity contribution in [2.45, 2.75) is 59.9 Å². The molecule has 0 radical (unpaired) electrons. The van der Waals surface area contributed by atoms with Crippen LogP contribution < -0.4 is 10.6 Å². The average Bonchev–Trinajstić information content (AvgIpc) is 3.26. The van der Waals surface area contributed by atoms with Crippen molar-refractivity contribution in [2.24, 2.45) is 5.92 Å². The highest BCUT2D eigenvalue weighted by Gasteiger charge is 2.20. The van der Waals surface area contributed by atoms with Gasteiger partial charge in [0.1, 0.15) is 11.8 Å². The molecule has 1 aromatic carbocycles. The Kier molecular flexibility index (Phi) is 21.6. The van der Waals surface area contributed by atoms with Gasteiger partial charge in [0.2, 0.25) is 5.91 Å². The summed E-state index contributed by atoms with van der Waals surface area (Å²) in [6.07, 6.45) is 1.34. The van der Waals surface area contributed by atoms with Crippen molar-refractivity contribution in [3.8, 4) is 0 Å². The number of methoxy groups -OCH3 is 1. The molecule has 0 aromatic heterocycles. The van der Waals surface area contributed by atoms with Gasteiger partial charge in [-0.3, -0.25) is 9.59 Å². The first-order valence-electron chi connectivity index (χ1n) is 11.2. The van der Waals surface area contributed by atoms with Crippen LogP contribution >= 0.6 is 0 Å². The molecular weight excluding hydrogens is 412 g/mol. The average molecular weight is 455 g/mol. The molecule has 8 heteroatoms. The maximum absolute atomic E-state index is 11.8. The molecule has 8 nitrogen and oxygen atoms in total. The van der Waals surface area contributed by atoms with E-state index in [0.717, 1.165) is 37.7 Å². The summed E-state index contributed by atoms with van der Waals surface area (Å²) in [7, 11) is 1.71. The fraction of sp³-hybridized carbons (Fsp3) is 0.625. The molecule has 1 saturated heterocycles. The molecule has 0 spiro atoms. The van der Waals surface area contributed by atoms with Crippen molar-refractivity contribution < 1.29 is 29.0 Å². The zero-order valence-corrected chi connectivity index (χ0v) is 20.5. The van der Waals surface area contributed by atoms with Crippen LogP contribution in [0.2, 0.25) is 0 Å². The zero-order chi connectivity index (χ0) is 24.8. The van der Waals surface area contributed by atoms with E-state index in [-0.39, 0.29) is 18.7 Å². The molecule has 1 aliphatic rings. The highest BCUT2D eigenvalue weighted by atomic mass is 16.5. The molecule has 1 aromatic rings. The Bertz CT molecular complexity index is 602. The number of carbonyl (C=O) groups excluding carboxylic acids is 2. The van der Waals surface area contributed by atoms with Gasteiger partial charge in [0.15, 0.2) is 0 Å². The molecule has 32 heavy (non-hydrogen) atoms. The van der Waals surface area contributed by atoms with Crippen molar-refractivity contribution in [1.82, 2.24) is 10.6 Å². The van der Waals surface area contributed by atoms with Gasteiger partial charge in [-0.15, -0.1) is 0 Å². The van der Waals surface area contributed by atoms with Crippen LogP contribution in [0.3, 0.4) is 0 Å². The second-order valence-corrected chi connectivity index (χ2v) is 7.07. The third kappa shape index (κ3) is 19.5. The van der Waals surface area contributed by atoms with Crippen LogP contribution in [0.25, 0.3) is 0 Å². The Hall–Kier alpha value is -2.45. The van der Waals surface area contributed by atoms with Crippen LogP contribution in [-0.4, -0.2) is 62.4 Å². The van der Waals surface area contributed by atoms with E-state index in [1.165, 1.54) is 13.3 Å². The van der Waals surface area contributed by atoms with Crippen molar-refractivity contribution in [3.05, 3.63) is 35.9 Å². The number of carbonyl (C=O) groups is 3. The number of benzene rings is 1. The lowest BCUT2D eigenvalue weighted by Crippen LogP contribution is -2.48. The lowest BCUT2D eigenvalue weighted by molar-refractivity contribution is -0.125. The van der Waals surface area contributed by atoms with Gasteiger partial charge in [0.05, 0.1) is 6.54 Å². The van der Waals surface area contributed by atoms with E-state index in [1.54, 1.807) is 31.4 Å². The Morgan fingerprint density at radius 3 is 2.19 bits per heavy atom. The topological polar surface area (TPSA) is 114 Å². The number of ketones is 1. The van der Waals surface area contributed by atoms with Gasteiger partial charge < -0.3 is 25.2 Å². The van der Waals surface area contributed by atoms with Crippen molar-refractivity contribution in [3.63, 3.8) is 0 Å². The smallest absolute Gasteiger partial charge is 0.405 e. The van der Waals surface area contributed by atoms with Crippen molar-refractivity contribution >= 4 is 17.8 Å². The number of hydrogen-bond acceptors (Lipinski definition) is 5. The van der Waals surface area contributed by atoms with Crippen LogP contribution in [0.15, 0.2) is 30.3 Å². The van der Waals surface area contributed by atoms with Gasteiger partial charge in [-0.05, 0) is 31.2 Å². The van der Waals surface area contributed by atoms with E-state index in [1.807, 2.05) is 19.9 Å². The van der Waals surface area contributed by atoms with Crippen LogP contribution in [0.5, 0.6) is 0 Å². The number of rotatable bonds is 8. The summed E-state index contributed by atoms with van der Waals surface area (Å²) in [5.41, 5.74) is 0.833. The molecule has 0 saturated carbocycles. The van der Waals surface area contributed by atoms with E-state index in [0.29, 0.717) is 0 Å². The van der Waals surface area contributed by atoms with Gasteiger partial charge in [-0.1, -0.05) is 58.0 Å². The first-order valence-corrected chi connectivity index (χ1v) is 11.2. The number of hydrogen-bond donors (Lipinski definition) is 3. The highest BCUT2D eigenvalue weighted by molar-refractivity contribution is 5.89. The number of Topliss-reactive ketones (excluding diaryl/α,β-unsaturated/α-hetero) is 1. The lowest BCUT2D eigenvalue weighted by atomic mass is 10.1. The SMILES string of the molecule is CC.CC(=O)CNC(=O)[C@H](Cc1ccccc1)NC(=O)O.CCCOC.C[C@@H]1CCOC1. The maximum atomic E-state index is 11.8. The van der Waals surface area contributed by atoms with Crippen LogP contribution in [-0.2, 0) is 25.5 Å². The van der Waals surface area contributed by atoms with Crippen LogP contribution in [0.1, 0.15) is 53.0 Å². The lowest BCUT2D eigenvalue weighted by Gasteiger charge is -2.16. The van der Waals surface area contributed by atoms with E-state index in [9.17, 15) is 14.4 Å². The summed E-state index contributed by atoms with van der Waals surface area (Å²) < 4.78 is 9.75. The first-order chi connectivity index (χ1) is 15.3. The third-order valence-electron chi connectivity index (χ3n) is 3.97.